The number of hydrogen-bond donors (Lipinski definition) is 1. The molecule has 1 aliphatic carbocycles. The fraction of sp³-hybridized carbons (Fsp3) is 0.312. The number of ether oxygens (including phenoxy) is 1. The first kappa shape index (κ1) is 13.4. The molecule has 1 aromatic carbocycles. The van der Waals surface area contributed by atoms with Crippen molar-refractivity contribution in [2.75, 3.05) is 0 Å². The minimum absolute atomic E-state index is 0.644. The van der Waals surface area contributed by atoms with E-state index < -0.39 is 0 Å². The molecule has 104 valence electrons. The predicted molar refractivity (Wildman–Crippen MR) is 80.4 cm³/mol. The van der Waals surface area contributed by atoms with Gasteiger partial charge in [0.05, 0.1) is 0 Å². The summed E-state index contributed by atoms with van der Waals surface area (Å²) in [6.45, 7) is 2.78. The number of nitrogens with one attached hydrogen (secondary N) is 1. The molecule has 3 nitrogen and oxygen atoms in total. The maximum absolute atomic E-state index is 6.02. The summed E-state index contributed by atoms with van der Waals surface area (Å²) in [7, 11) is 0. The van der Waals surface area contributed by atoms with Crippen LogP contribution in [0.4, 0.5) is 0 Å². The van der Waals surface area contributed by atoms with Crippen LogP contribution in [-0.4, -0.2) is 11.0 Å². The highest BCUT2D eigenvalue weighted by Gasteiger charge is 2.20. The van der Waals surface area contributed by atoms with Crippen LogP contribution in [0.15, 0.2) is 36.5 Å². The van der Waals surface area contributed by atoms with Gasteiger partial charge in [0.25, 0.3) is 0 Å². The lowest BCUT2D eigenvalue weighted by atomic mass is 10.2. The quantitative estimate of drug-likeness (QED) is 0.900. The Bertz CT molecular complexity index is 611. The second-order valence-electron chi connectivity index (χ2n) is 5.13. The summed E-state index contributed by atoms with van der Waals surface area (Å²) in [6, 6.07) is 10.3. The molecular weight excluding hydrogens is 272 g/mol. The van der Waals surface area contributed by atoms with E-state index in [1.807, 2.05) is 37.3 Å². The van der Waals surface area contributed by atoms with Crippen LogP contribution >= 0.6 is 11.6 Å². The molecular formula is C16H17ClN2O. The molecule has 3 rings (SSSR count). The van der Waals surface area contributed by atoms with Gasteiger partial charge in [-0.25, -0.2) is 4.98 Å². The van der Waals surface area contributed by atoms with Gasteiger partial charge in [-0.2, -0.15) is 0 Å². The Morgan fingerprint density at radius 1 is 1.35 bits per heavy atom. The molecule has 0 amide bonds. The standard InChI is InChI=1S/C16H17ClN2O/c1-11-4-5-13(17)9-15(11)20-16-12(3-2-8-18-16)10-19-14-6-7-14/h2-5,8-9,14,19H,6-7,10H2,1H3. The Balaban J connectivity index is 1.80. The van der Waals surface area contributed by atoms with Gasteiger partial charge < -0.3 is 10.1 Å². The zero-order valence-electron chi connectivity index (χ0n) is 11.4. The van der Waals surface area contributed by atoms with Crippen molar-refractivity contribution in [1.29, 1.82) is 0 Å². The van der Waals surface area contributed by atoms with E-state index in [9.17, 15) is 0 Å². The van der Waals surface area contributed by atoms with Crippen LogP contribution in [0.5, 0.6) is 11.6 Å². The Labute approximate surface area is 123 Å². The zero-order chi connectivity index (χ0) is 13.9. The summed E-state index contributed by atoms with van der Waals surface area (Å²) < 4.78 is 5.94. The second-order valence-corrected chi connectivity index (χ2v) is 5.57. The zero-order valence-corrected chi connectivity index (χ0v) is 12.2. The molecule has 20 heavy (non-hydrogen) atoms. The van der Waals surface area contributed by atoms with Crippen LogP contribution in [0, 0.1) is 6.92 Å². The first-order valence-electron chi connectivity index (χ1n) is 6.83. The molecule has 1 fully saturated rings. The Hall–Kier alpha value is -1.58. The van der Waals surface area contributed by atoms with Crippen LogP contribution in [0.25, 0.3) is 0 Å². The smallest absolute Gasteiger partial charge is 0.223 e. The SMILES string of the molecule is Cc1ccc(Cl)cc1Oc1ncccc1CNC1CC1. The Kier molecular flexibility index (Phi) is 3.90. The molecule has 1 aliphatic rings. The van der Waals surface area contributed by atoms with E-state index in [1.54, 1.807) is 6.20 Å². The van der Waals surface area contributed by atoms with Gasteiger partial charge in [0.1, 0.15) is 5.75 Å². The fourth-order valence-electron chi connectivity index (χ4n) is 1.98. The van der Waals surface area contributed by atoms with Gasteiger partial charge in [0.15, 0.2) is 0 Å². The summed E-state index contributed by atoms with van der Waals surface area (Å²) in [5.41, 5.74) is 2.11. The highest BCUT2D eigenvalue weighted by atomic mass is 35.5. The van der Waals surface area contributed by atoms with Crippen molar-refractivity contribution in [3.05, 3.63) is 52.7 Å². The summed E-state index contributed by atoms with van der Waals surface area (Å²) >= 11 is 6.02. The summed E-state index contributed by atoms with van der Waals surface area (Å²) in [5, 5.41) is 4.14. The van der Waals surface area contributed by atoms with Crippen molar-refractivity contribution in [3.63, 3.8) is 0 Å². The van der Waals surface area contributed by atoms with Crippen LogP contribution < -0.4 is 10.1 Å². The lowest BCUT2D eigenvalue weighted by Crippen LogP contribution is -2.16. The third kappa shape index (κ3) is 3.30. The van der Waals surface area contributed by atoms with Gasteiger partial charge in [-0.05, 0) is 43.5 Å². The van der Waals surface area contributed by atoms with Crippen molar-refractivity contribution in [3.8, 4) is 11.6 Å². The molecule has 4 heteroatoms. The van der Waals surface area contributed by atoms with Crippen molar-refractivity contribution in [2.24, 2.45) is 0 Å². The number of aromatic nitrogens is 1. The van der Waals surface area contributed by atoms with Gasteiger partial charge in [-0.1, -0.05) is 23.7 Å². The third-order valence-electron chi connectivity index (χ3n) is 3.37. The van der Waals surface area contributed by atoms with Crippen LogP contribution in [0.3, 0.4) is 0 Å². The molecule has 0 aliphatic heterocycles. The second kappa shape index (κ2) is 5.81. The Morgan fingerprint density at radius 3 is 3.00 bits per heavy atom. The van der Waals surface area contributed by atoms with Crippen LogP contribution in [-0.2, 0) is 6.54 Å². The van der Waals surface area contributed by atoms with E-state index in [4.69, 9.17) is 16.3 Å². The highest BCUT2D eigenvalue weighted by molar-refractivity contribution is 6.30. The minimum Gasteiger partial charge on any atom is -0.438 e. The molecule has 0 atom stereocenters. The molecule has 1 aromatic heterocycles. The molecule has 2 aromatic rings. The highest BCUT2D eigenvalue weighted by Crippen LogP contribution is 2.29. The van der Waals surface area contributed by atoms with E-state index in [2.05, 4.69) is 10.3 Å². The molecule has 0 spiro atoms. The normalized spacial score (nSPS) is 14.3. The molecule has 0 saturated heterocycles. The number of halogens is 1. The lowest BCUT2D eigenvalue weighted by Gasteiger charge is -2.12. The van der Waals surface area contributed by atoms with Crippen molar-refractivity contribution in [1.82, 2.24) is 10.3 Å². The molecule has 0 radical (unpaired) electrons. The fourth-order valence-corrected chi connectivity index (χ4v) is 2.14. The van der Waals surface area contributed by atoms with Gasteiger partial charge in [-0.3, -0.25) is 0 Å². The summed E-state index contributed by atoms with van der Waals surface area (Å²) in [6.07, 6.45) is 4.28. The van der Waals surface area contributed by atoms with E-state index in [0.717, 1.165) is 23.4 Å². The predicted octanol–water partition coefficient (Wildman–Crippen LogP) is 4.09. The molecule has 1 heterocycles. The van der Waals surface area contributed by atoms with E-state index >= 15 is 0 Å². The van der Waals surface area contributed by atoms with Gasteiger partial charge >= 0.3 is 0 Å². The molecule has 1 N–H and O–H groups in total. The van der Waals surface area contributed by atoms with Gasteiger partial charge in [0.2, 0.25) is 5.88 Å². The van der Waals surface area contributed by atoms with E-state index in [0.29, 0.717) is 16.9 Å². The number of pyridine rings is 1. The average molecular weight is 289 g/mol. The molecule has 0 bridgehead atoms. The number of rotatable bonds is 5. The Morgan fingerprint density at radius 2 is 2.20 bits per heavy atom. The molecule has 1 saturated carbocycles. The third-order valence-corrected chi connectivity index (χ3v) is 3.60. The van der Waals surface area contributed by atoms with E-state index in [1.165, 1.54) is 12.8 Å². The topological polar surface area (TPSA) is 34.1 Å². The van der Waals surface area contributed by atoms with Gasteiger partial charge in [-0.15, -0.1) is 0 Å². The maximum atomic E-state index is 6.02. The monoisotopic (exact) mass is 288 g/mol. The lowest BCUT2D eigenvalue weighted by molar-refractivity contribution is 0.449. The van der Waals surface area contributed by atoms with Crippen LogP contribution in [0.1, 0.15) is 24.0 Å². The van der Waals surface area contributed by atoms with Crippen molar-refractivity contribution in [2.45, 2.75) is 32.4 Å². The average Bonchev–Trinajstić information content (AvgIpc) is 3.26. The number of nitrogens with zero attached hydrogens (tertiary/aromatic N) is 1. The first-order valence-corrected chi connectivity index (χ1v) is 7.21. The number of benzene rings is 1. The summed E-state index contributed by atoms with van der Waals surface area (Å²) in [4.78, 5) is 4.34. The van der Waals surface area contributed by atoms with Crippen molar-refractivity contribution < 1.29 is 4.74 Å². The minimum atomic E-state index is 0.644. The number of aryl methyl sites for hydroxylation is 1. The number of hydrogen-bond acceptors (Lipinski definition) is 3. The van der Waals surface area contributed by atoms with Crippen LogP contribution in [0.2, 0.25) is 5.02 Å². The summed E-state index contributed by atoms with van der Waals surface area (Å²) in [5.74, 6) is 1.40. The van der Waals surface area contributed by atoms with E-state index in [-0.39, 0.29) is 0 Å². The molecule has 0 unspecified atom stereocenters. The maximum Gasteiger partial charge on any atom is 0.223 e. The largest absolute Gasteiger partial charge is 0.438 e. The first-order chi connectivity index (χ1) is 9.72. The van der Waals surface area contributed by atoms with Gasteiger partial charge in [0, 0.05) is 29.4 Å². The van der Waals surface area contributed by atoms with Crippen molar-refractivity contribution >= 4 is 11.6 Å².